The molecule has 3 rings (SSSR count). The maximum absolute atomic E-state index is 12.9. The Morgan fingerprint density at radius 2 is 2.17 bits per heavy atom. The second-order valence-electron chi connectivity index (χ2n) is 5.95. The van der Waals surface area contributed by atoms with Gasteiger partial charge in [0.2, 0.25) is 0 Å². The Labute approximate surface area is 154 Å². The third kappa shape index (κ3) is 3.57. The summed E-state index contributed by atoms with van der Waals surface area (Å²) in [4.78, 5) is 6.12. The van der Waals surface area contributed by atoms with E-state index in [0.29, 0.717) is 39.8 Å². The zero-order valence-corrected chi connectivity index (χ0v) is 15.6. The Bertz CT molecular complexity index is 767. The number of hydrogen-bond acceptors (Lipinski definition) is 4. The van der Waals surface area contributed by atoms with Gasteiger partial charge in [0.15, 0.2) is 0 Å². The van der Waals surface area contributed by atoms with Crippen LogP contribution in [0.5, 0.6) is 0 Å². The minimum atomic E-state index is -4.39. The van der Waals surface area contributed by atoms with E-state index >= 15 is 0 Å². The summed E-state index contributed by atoms with van der Waals surface area (Å²) in [5, 5.41) is 14.0. The number of fused-ring (bicyclic) bond motifs is 1. The van der Waals surface area contributed by atoms with Crippen LogP contribution in [0.3, 0.4) is 0 Å². The number of aromatic nitrogens is 3. The first-order valence-corrected chi connectivity index (χ1v) is 8.85. The average molecular weight is 475 g/mol. The zero-order chi connectivity index (χ0) is 17.6. The van der Waals surface area contributed by atoms with Gasteiger partial charge in [0.05, 0.1) is 11.8 Å². The predicted molar refractivity (Wildman–Crippen MR) is 93.4 cm³/mol. The van der Waals surface area contributed by atoms with Crippen LogP contribution in [-0.2, 0) is 6.54 Å². The largest absolute Gasteiger partial charge is 0.408 e. The first-order valence-electron chi connectivity index (χ1n) is 7.39. The molecule has 5 nitrogen and oxygen atoms in total. The van der Waals surface area contributed by atoms with Gasteiger partial charge < -0.3 is 10.0 Å². The Morgan fingerprint density at radius 3 is 2.79 bits per heavy atom. The minimum absolute atomic E-state index is 0.0256. The molecule has 2 aromatic heterocycles. The fraction of sp³-hybridized carbons (Fsp3) is 0.571. The van der Waals surface area contributed by atoms with Crippen molar-refractivity contribution in [1.29, 1.82) is 0 Å². The Morgan fingerprint density at radius 1 is 1.46 bits per heavy atom. The number of aliphatic hydroxyl groups is 1. The number of pyridine rings is 1. The number of rotatable bonds is 2. The van der Waals surface area contributed by atoms with Gasteiger partial charge in [-0.05, 0) is 42.4 Å². The molecule has 1 fully saturated rings. The molecule has 10 heteroatoms. The van der Waals surface area contributed by atoms with Crippen molar-refractivity contribution in [3.05, 3.63) is 14.9 Å². The third-order valence-electron chi connectivity index (χ3n) is 4.09. The lowest BCUT2D eigenvalue weighted by Crippen LogP contribution is -2.43. The van der Waals surface area contributed by atoms with Gasteiger partial charge in [-0.15, -0.1) is 0 Å². The van der Waals surface area contributed by atoms with Crippen molar-refractivity contribution in [2.45, 2.75) is 44.6 Å². The van der Waals surface area contributed by atoms with Crippen LogP contribution in [0.25, 0.3) is 11.0 Å². The standard InChI is InChI=1S/C14H15ClF3IN4O/c1-7-4-8(24)2-3-22(7)9-5-10(15)20-11-12(9)23(21-13(11)19)6-14(16,17)18/h5,7-8,24H,2-4,6H2,1H3/t7-,8-/m1/s1. The molecule has 0 radical (unpaired) electrons. The molecule has 24 heavy (non-hydrogen) atoms. The number of aliphatic hydroxyl groups excluding tert-OH is 1. The third-order valence-corrected chi connectivity index (χ3v) is 5.01. The van der Waals surface area contributed by atoms with Crippen LogP contribution in [-0.4, -0.2) is 44.7 Å². The van der Waals surface area contributed by atoms with E-state index < -0.39 is 18.8 Å². The molecule has 1 saturated heterocycles. The first kappa shape index (κ1) is 18.0. The fourth-order valence-corrected chi connectivity index (χ4v) is 3.93. The first-order chi connectivity index (χ1) is 11.2. The predicted octanol–water partition coefficient (Wildman–Crippen LogP) is 3.60. The summed E-state index contributed by atoms with van der Waals surface area (Å²) in [5.41, 5.74) is 1.26. The van der Waals surface area contributed by atoms with Crippen LogP contribution in [0.4, 0.5) is 18.9 Å². The molecule has 0 aliphatic carbocycles. The number of nitrogens with zero attached hydrogens (tertiary/aromatic N) is 4. The molecule has 2 aromatic rings. The van der Waals surface area contributed by atoms with Crippen molar-refractivity contribution in [3.8, 4) is 0 Å². The van der Waals surface area contributed by atoms with E-state index in [2.05, 4.69) is 10.1 Å². The van der Waals surface area contributed by atoms with Crippen LogP contribution in [0.2, 0.25) is 5.15 Å². The number of anilines is 1. The van der Waals surface area contributed by atoms with Gasteiger partial charge in [0.25, 0.3) is 0 Å². The molecule has 0 saturated carbocycles. The normalized spacial score (nSPS) is 22.4. The summed E-state index contributed by atoms with van der Waals surface area (Å²) >= 11 is 7.95. The molecular formula is C14H15ClF3IN4O. The number of hydrogen-bond donors (Lipinski definition) is 1. The molecule has 1 aliphatic heterocycles. The summed E-state index contributed by atoms with van der Waals surface area (Å²) in [5.74, 6) is 0. The van der Waals surface area contributed by atoms with Crippen molar-refractivity contribution in [2.75, 3.05) is 11.4 Å². The molecule has 0 spiro atoms. The van der Waals surface area contributed by atoms with Gasteiger partial charge in [0, 0.05) is 18.7 Å². The quantitative estimate of drug-likeness (QED) is 0.534. The molecule has 0 bridgehead atoms. The zero-order valence-electron chi connectivity index (χ0n) is 12.7. The lowest BCUT2D eigenvalue weighted by atomic mass is 10.00. The average Bonchev–Trinajstić information content (AvgIpc) is 2.72. The van der Waals surface area contributed by atoms with Gasteiger partial charge in [-0.1, -0.05) is 11.6 Å². The number of alkyl halides is 3. The van der Waals surface area contributed by atoms with E-state index in [-0.39, 0.29) is 11.2 Å². The van der Waals surface area contributed by atoms with Gasteiger partial charge in [0.1, 0.15) is 26.4 Å². The Hall–Kier alpha value is -0.810. The molecule has 1 N–H and O–H groups in total. The number of halogens is 5. The smallest absolute Gasteiger partial charge is 0.393 e. The highest BCUT2D eigenvalue weighted by molar-refractivity contribution is 14.1. The van der Waals surface area contributed by atoms with Gasteiger partial charge in [-0.3, -0.25) is 4.68 Å². The maximum Gasteiger partial charge on any atom is 0.408 e. The Kier molecular flexibility index (Phi) is 4.86. The second kappa shape index (κ2) is 6.49. The highest BCUT2D eigenvalue weighted by atomic mass is 127. The van der Waals surface area contributed by atoms with Crippen LogP contribution in [0.15, 0.2) is 6.07 Å². The van der Waals surface area contributed by atoms with Crippen molar-refractivity contribution in [2.24, 2.45) is 0 Å². The van der Waals surface area contributed by atoms with Crippen molar-refractivity contribution >= 4 is 50.9 Å². The van der Waals surface area contributed by atoms with Crippen LogP contribution < -0.4 is 4.90 Å². The monoisotopic (exact) mass is 474 g/mol. The molecule has 0 amide bonds. The van der Waals surface area contributed by atoms with E-state index in [1.165, 1.54) is 0 Å². The van der Waals surface area contributed by atoms with E-state index in [1.54, 1.807) is 6.07 Å². The summed E-state index contributed by atoms with van der Waals surface area (Å²) in [7, 11) is 0. The highest BCUT2D eigenvalue weighted by Gasteiger charge is 2.33. The van der Waals surface area contributed by atoms with Gasteiger partial charge in [-0.2, -0.15) is 18.3 Å². The van der Waals surface area contributed by atoms with E-state index in [9.17, 15) is 18.3 Å². The van der Waals surface area contributed by atoms with Crippen LogP contribution in [0.1, 0.15) is 19.8 Å². The molecule has 3 heterocycles. The fourth-order valence-electron chi connectivity index (χ4n) is 3.10. The molecule has 0 unspecified atom stereocenters. The summed E-state index contributed by atoms with van der Waals surface area (Å²) < 4.78 is 40.0. The highest BCUT2D eigenvalue weighted by Crippen LogP contribution is 2.35. The van der Waals surface area contributed by atoms with E-state index in [0.717, 1.165) is 4.68 Å². The lowest BCUT2D eigenvalue weighted by molar-refractivity contribution is -0.141. The summed E-state index contributed by atoms with van der Waals surface area (Å²) in [6, 6.07) is 1.55. The van der Waals surface area contributed by atoms with Crippen molar-refractivity contribution < 1.29 is 18.3 Å². The van der Waals surface area contributed by atoms with E-state index in [1.807, 2.05) is 34.4 Å². The molecule has 0 aromatic carbocycles. The summed E-state index contributed by atoms with van der Waals surface area (Å²) in [6.45, 7) is 1.27. The molecule has 1 aliphatic rings. The van der Waals surface area contributed by atoms with Gasteiger partial charge >= 0.3 is 6.18 Å². The second-order valence-corrected chi connectivity index (χ2v) is 7.35. The van der Waals surface area contributed by atoms with Crippen molar-refractivity contribution in [1.82, 2.24) is 14.8 Å². The number of piperidine rings is 1. The molecule has 2 atom stereocenters. The van der Waals surface area contributed by atoms with Crippen LogP contribution in [0, 0.1) is 3.70 Å². The maximum atomic E-state index is 12.9. The topological polar surface area (TPSA) is 54.2 Å². The van der Waals surface area contributed by atoms with Crippen molar-refractivity contribution in [3.63, 3.8) is 0 Å². The molecular weight excluding hydrogens is 460 g/mol. The Balaban J connectivity index is 2.15. The van der Waals surface area contributed by atoms with Gasteiger partial charge in [-0.25, -0.2) is 4.98 Å². The minimum Gasteiger partial charge on any atom is -0.393 e. The van der Waals surface area contributed by atoms with Crippen LogP contribution >= 0.6 is 34.2 Å². The van der Waals surface area contributed by atoms with E-state index in [4.69, 9.17) is 11.6 Å². The lowest BCUT2D eigenvalue weighted by Gasteiger charge is -2.38. The molecule has 132 valence electrons. The SMILES string of the molecule is C[C@@H]1C[C@H](O)CCN1c1cc(Cl)nc2c(I)nn(CC(F)(F)F)c12. The summed E-state index contributed by atoms with van der Waals surface area (Å²) in [6.07, 6.45) is -3.69.